The third kappa shape index (κ3) is 9.72. The summed E-state index contributed by atoms with van der Waals surface area (Å²) in [6, 6.07) is 7.16. The molecule has 0 aromatic heterocycles. The lowest BCUT2D eigenvalue weighted by atomic mass is 10.00. The van der Waals surface area contributed by atoms with Crippen LogP contribution in [-0.4, -0.2) is 75.1 Å². The van der Waals surface area contributed by atoms with Gasteiger partial charge in [-0.05, 0) is 30.9 Å². The van der Waals surface area contributed by atoms with E-state index >= 15 is 0 Å². The van der Waals surface area contributed by atoms with Crippen LogP contribution in [0.15, 0.2) is 24.3 Å². The Hall–Kier alpha value is -3.49. The molecule has 0 bridgehead atoms. The summed E-state index contributed by atoms with van der Waals surface area (Å²) < 4.78 is 4.94. The summed E-state index contributed by atoms with van der Waals surface area (Å²) in [7, 11) is 1.45. The van der Waals surface area contributed by atoms with Crippen LogP contribution in [0.25, 0.3) is 0 Å². The van der Waals surface area contributed by atoms with Crippen molar-refractivity contribution in [2.24, 2.45) is 0 Å². The first-order valence-corrected chi connectivity index (χ1v) is 11.7. The molecule has 5 N–H and O–H groups in total. The van der Waals surface area contributed by atoms with Gasteiger partial charge in [0.25, 0.3) is 0 Å². The van der Waals surface area contributed by atoms with Crippen LogP contribution in [0.3, 0.4) is 0 Å². The summed E-state index contributed by atoms with van der Waals surface area (Å²) in [6.07, 6.45) is 3.05. The minimum Gasteiger partial charge on any atom is -0.381 e. The SMILES string of the molecule is C1CCOC1.CNC(=O)CNC(=O)C(Cc1ccccc1C#N)NC(=O)C1CC(NC(C)=O)CN1. The number of amides is 4. The predicted molar refractivity (Wildman–Crippen MR) is 128 cm³/mol. The molecule has 0 saturated carbocycles. The normalized spacial score (nSPS) is 19.3. The van der Waals surface area contributed by atoms with Gasteiger partial charge in [0, 0.05) is 46.2 Å². The Morgan fingerprint density at radius 2 is 1.91 bits per heavy atom. The topological polar surface area (TPSA) is 161 Å². The second kappa shape index (κ2) is 14.7. The Balaban J connectivity index is 0.000000764. The highest BCUT2D eigenvalue weighted by Crippen LogP contribution is 2.12. The monoisotopic (exact) mass is 486 g/mol. The van der Waals surface area contributed by atoms with E-state index in [0.29, 0.717) is 24.1 Å². The quantitative estimate of drug-likeness (QED) is 0.318. The number of carbonyl (C=O) groups excluding carboxylic acids is 4. The van der Waals surface area contributed by atoms with Gasteiger partial charge in [0.05, 0.1) is 24.2 Å². The third-order valence-corrected chi connectivity index (χ3v) is 5.58. The highest BCUT2D eigenvalue weighted by Gasteiger charge is 2.32. The fourth-order valence-corrected chi connectivity index (χ4v) is 3.73. The van der Waals surface area contributed by atoms with Crippen molar-refractivity contribution in [2.45, 2.75) is 50.7 Å². The number of ether oxygens (including phenoxy) is 1. The van der Waals surface area contributed by atoms with Gasteiger partial charge in [-0.15, -0.1) is 0 Å². The zero-order valence-corrected chi connectivity index (χ0v) is 20.2. The Labute approximate surface area is 205 Å². The number of benzene rings is 1. The largest absolute Gasteiger partial charge is 0.381 e. The fraction of sp³-hybridized carbons (Fsp3) is 0.542. The molecule has 2 fully saturated rings. The molecule has 4 amide bonds. The number of nitriles is 1. The molecular formula is C24H34N6O5. The molecule has 0 radical (unpaired) electrons. The second-order valence-electron chi connectivity index (χ2n) is 8.34. The molecule has 35 heavy (non-hydrogen) atoms. The summed E-state index contributed by atoms with van der Waals surface area (Å²) in [5.41, 5.74) is 1.01. The molecule has 11 nitrogen and oxygen atoms in total. The van der Waals surface area contributed by atoms with E-state index in [1.54, 1.807) is 24.3 Å². The van der Waals surface area contributed by atoms with Gasteiger partial charge in [0.1, 0.15) is 6.04 Å². The van der Waals surface area contributed by atoms with E-state index in [9.17, 15) is 24.4 Å². The van der Waals surface area contributed by atoms with Crippen molar-refractivity contribution in [3.05, 3.63) is 35.4 Å². The Morgan fingerprint density at radius 3 is 2.51 bits per heavy atom. The summed E-state index contributed by atoms with van der Waals surface area (Å²) in [4.78, 5) is 48.0. The zero-order valence-electron chi connectivity index (χ0n) is 20.2. The van der Waals surface area contributed by atoms with Crippen LogP contribution in [0.2, 0.25) is 0 Å². The number of likely N-dealkylation sites (N-methyl/N-ethyl adjacent to an activating group) is 1. The molecule has 3 rings (SSSR count). The van der Waals surface area contributed by atoms with Crippen LogP contribution in [-0.2, 0) is 30.3 Å². The lowest BCUT2D eigenvalue weighted by molar-refractivity contribution is -0.131. The minimum atomic E-state index is -0.974. The molecule has 190 valence electrons. The first kappa shape index (κ1) is 27.8. The third-order valence-electron chi connectivity index (χ3n) is 5.58. The number of carbonyl (C=O) groups is 4. The van der Waals surface area contributed by atoms with Gasteiger partial charge in [-0.25, -0.2) is 0 Å². The molecule has 2 heterocycles. The zero-order chi connectivity index (χ0) is 25.6. The molecule has 0 aliphatic carbocycles. The minimum absolute atomic E-state index is 0.0941. The average Bonchev–Trinajstić information content (AvgIpc) is 3.57. The second-order valence-corrected chi connectivity index (χ2v) is 8.34. The van der Waals surface area contributed by atoms with E-state index in [1.807, 2.05) is 0 Å². The summed E-state index contributed by atoms with van der Waals surface area (Å²) in [5, 5.41) is 22.7. The molecule has 3 unspecified atom stereocenters. The van der Waals surface area contributed by atoms with E-state index in [2.05, 4.69) is 32.7 Å². The van der Waals surface area contributed by atoms with E-state index in [0.717, 1.165) is 13.2 Å². The molecule has 11 heteroatoms. The van der Waals surface area contributed by atoms with Gasteiger partial charge < -0.3 is 31.3 Å². The lowest BCUT2D eigenvalue weighted by Crippen LogP contribution is -2.53. The number of nitrogens with zero attached hydrogens (tertiary/aromatic N) is 1. The molecule has 0 spiro atoms. The van der Waals surface area contributed by atoms with E-state index in [1.165, 1.54) is 26.8 Å². The Morgan fingerprint density at radius 1 is 1.20 bits per heavy atom. The van der Waals surface area contributed by atoms with Crippen LogP contribution in [0.5, 0.6) is 0 Å². The van der Waals surface area contributed by atoms with Crippen LogP contribution in [0.4, 0.5) is 0 Å². The van der Waals surface area contributed by atoms with Crippen molar-refractivity contribution in [3.8, 4) is 6.07 Å². The van der Waals surface area contributed by atoms with Gasteiger partial charge in [0.15, 0.2) is 0 Å². The number of hydrogen-bond donors (Lipinski definition) is 5. The Bertz CT molecular complexity index is 920. The summed E-state index contributed by atoms with van der Waals surface area (Å²) in [5.74, 6) is -1.47. The predicted octanol–water partition coefficient (Wildman–Crippen LogP) is -0.889. The van der Waals surface area contributed by atoms with Crippen LogP contribution >= 0.6 is 0 Å². The number of hydrogen-bond acceptors (Lipinski definition) is 7. The maximum absolute atomic E-state index is 12.7. The van der Waals surface area contributed by atoms with E-state index in [-0.39, 0.29) is 30.8 Å². The first-order valence-electron chi connectivity index (χ1n) is 11.7. The van der Waals surface area contributed by atoms with Crippen LogP contribution in [0.1, 0.15) is 37.3 Å². The molecule has 1 aromatic carbocycles. The molecular weight excluding hydrogens is 452 g/mol. The van der Waals surface area contributed by atoms with Gasteiger partial charge in [-0.3, -0.25) is 19.2 Å². The number of nitrogens with one attached hydrogen (secondary N) is 5. The molecule has 2 saturated heterocycles. The molecule has 1 aromatic rings. The van der Waals surface area contributed by atoms with E-state index in [4.69, 9.17) is 4.74 Å². The molecule has 3 atom stereocenters. The van der Waals surface area contributed by atoms with Crippen molar-refractivity contribution in [3.63, 3.8) is 0 Å². The van der Waals surface area contributed by atoms with Crippen LogP contribution < -0.4 is 26.6 Å². The van der Waals surface area contributed by atoms with E-state index < -0.39 is 23.9 Å². The van der Waals surface area contributed by atoms with Crippen molar-refractivity contribution < 1.29 is 23.9 Å². The average molecular weight is 487 g/mol. The van der Waals surface area contributed by atoms with Gasteiger partial charge in [-0.2, -0.15) is 5.26 Å². The number of rotatable bonds is 8. The van der Waals surface area contributed by atoms with Gasteiger partial charge in [-0.1, -0.05) is 18.2 Å². The summed E-state index contributed by atoms with van der Waals surface area (Å²) >= 11 is 0. The van der Waals surface area contributed by atoms with Gasteiger partial charge in [0.2, 0.25) is 23.6 Å². The van der Waals surface area contributed by atoms with Crippen molar-refractivity contribution in [2.75, 3.05) is 33.4 Å². The molecule has 2 aliphatic rings. The molecule has 2 aliphatic heterocycles. The lowest BCUT2D eigenvalue weighted by Gasteiger charge is -2.21. The van der Waals surface area contributed by atoms with Crippen molar-refractivity contribution >= 4 is 23.6 Å². The fourth-order valence-electron chi connectivity index (χ4n) is 3.73. The first-order chi connectivity index (χ1) is 16.8. The highest BCUT2D eigenvalue weighted by molar-refractivity contribution is 5.92. The maximum atomic E-state index is 12.7. The smallest absolute Gasteiger partial charge is 0.243 e. The highest BCUT2D eigenvalue weighted by atomic mass is 16.5. The summed E-state index contributed by atoms with van der Waals surface area (Å²) in [6.45, 7) is 3.63. The Kier molecular flexibility index (Phi) is 11.7. The van der Waals surface area contributed by atoms with Crippen LogP contribution in [0, 0.1) is 11.3 Å². The van der Waals surface area contributed by atoms with Crippen molar-refractivity contribution in [1.82, 2.24) is 26.6 Å². The van der Waals surface area contributed by atoms with Gasteiger partial charge >= 0.3 is 0 Å². The standard InChI is InChI=1S/C20H26N6O4.C4H8O/c1-12(27)25-15-8-16(23-10-15)20(30)26-17(19(29)24-11-18(28)22-2)7-13-5-3-4-6-14(13)9-21;1-2-4-5-3-1/h3-6,15-17,23H,7-8,10-11H2,1-2H3,(H,22,28)(H,24,29)(H,25,27)(H,26,30);1-4H2. The van der Waals surface area contributed by atoms with Crippen molar-refractivity contribution in [1.29, 1.82) is 5.26 Å². The maximum Gasteiger partial charge on any atom is 0.243 e.